The van der Waals surface area contributed by atoms with Crippen LogP contribution in [0.3, 0.4) is 0 Å². The van der Waals surface area contributed by atoms with Gasteiger partial charge < -0.3 is 15.5 Å². The van der Waals surface area contributed by atoms with Crippen LogP contribution in [0, 0.1) is 0 Å². The first-order valence-corrected chi connectivity index (χ1v) is 8.17. The third-order valence-electron chi connectivity index (χ3n) is 4.32. The molecule has 0 aliphatic carbocycles. The molecule has 0 bridgehead atoms. The van der Waals surface area contributed by atoms with E-state index < -0.39 is 0 Å². The zero-order valence-electron chi connectivity index (χ0n) is 14.6. The highest BCUT2D eigenvalue weighted by Crippen LogP contribution is 2.24. The molecule has 1 amide bonds. The van der Waals surface area contributed by atoms with Crippen LogP contribution in [0.5, 0.6) is 0 Å². The van der Waals surface area contributed by atoms with Crippen molar-refractivity contribution >= 4 is 17.3 Å². The number of hydrogen-bond acceptors (Lipinski definition) is 6. The lowest BCUT2D eigenvalue weighted by molar-refractivity contribution is 0.0658. The SMILES string of the molecule is C=C(C)c1cc(-c2cncc(C(=O)N3CCN(C)CC3)n2)cnc1N. The number of hydrogen-bond donors (Lipinski definition) is 1. The van der Waals surface area contributed by atoms with Gasteiger partial charge in [0, 0.05) is 43.5 Å². The number of likely N-dealkylation sites (N-methyl/N-ethyl adjacent to an activating group) is 1. The molecule has 7 heteroatoms. The highest BCUT2D eigenvalue weighted by Gasteiger charge is 2.22. The number of nitrogen functional groups attached to an aromatic ring is 1. The monoisotopic (exact) mass is 338 g/mol. The van der Waals surface area contributed by atoms with Crippen molar-refractivity contribution in [2.75, 3.05) is 39.0 Å². The Bertz CT molecular complexity index is 811. The maximum atomic E-state index is 12.7. The van der Waals surface area contributed by atoms with E-state index in [9.17, 15) is 4.79 Å². The van der Waals surface area contributed by atoms with Gasteiger partial charge in [-0.25, -0.2) is 9.97 Å². The summed E-state index contributed by atoms with van der Waals surface area (Å²) in [7, 11) is 2.05. The zero-order chi connectivity index (χ0) is 18.0. The van der Waals surface area contributed by atoms with Gasteiger partial charge in [0.15, 0.2) is 0 Å². The largest absolute Gasteiger partial charge is 0.383 e. The van der Waals surface area contributed by atoms with Crippen molar-refractivity contribution in [1.82, 2.24) is 24.8 Å². The summed E-state index contributed by atoms with van der Waals surface area (Å²) in [4.78, 5) is 29.6. The van der Waals surface area contributed by atoms with Gasteiger partial charge in [-0.15, -0.1) is 0 Å². The van der Waals surface area contributed by atoms with E-state index in [1.165, 1.54) is 6.20 Å². The van der Waals surface area contributed by atoms with Gasteiger partial charge in [-0.05, 0) is 25.6 Å². The molecule has 2 N–H and O–H groups in total. The molecule has 2 aromatic rings. The van der Waals surface area contributed by atoms with E-state index >= 15 is 0 Å². The van der Waals surface area contributed by atoms with Gasteiger partial charge >= 0.3 is 0 Å². The molecule has 130 valence electrons. The second-order valence-electron chi connectivity index (χ2n) is 6.32. The smallest absolute Gasteiger partial charge is 0.274 e. The molecule has 1 saturated heterocycles. The Morgan fingerprint density at radius 1 is 1.20 bits per heavy atom. The predicted octanol–water partition coefficient (Wildman–Crippen LogP) is 1.54. The van der Waals surface area contributed by atoms with Crippen LogP contribution < -0.4 is 5.73 Å². The fourth-order valence-electron chi connectivity index (χ4n) is 2.74. The zero-order valence-corrected chi connectivity index (χ0v) is 14.6. The topological polar surface area (TPSA) is 88.2 Å². The number of piperazine rings is 1. The number of nitrogens with zero attached hydrogens (tertiary/aromatic N) is 5. The summed E-state index contributed by atoms with van der Waals surface area (Å²) in [5.41, 5.74) is 9.17. The fourth-order valence-corrected chi connectivity index (χ4v) is 2.74. The molecule has 3 rings (SSSR count). The molecule has 2 aromatic heterocycles. The summed E-state index contributed by atoms with van der Waals surface area (Å²) in [6.45, 7) is 8.91. The Kier molecular flexibility index (Phi) is 4.76. The number of allylic oxidation sites excluding steroid dienone is 1. The Balaban J connectivity index is 1.88. The molecular weight excluding hydrogens is 316 g/mol. The van der Waals surface area contributed by atoms with E-state index in [-0.39, 0.29) is 5.91 Å². The molecule has 1 aliphatic heterocycles. The number of anilines is 1. The van der Waals surface area contributed by atoms with Gasteiger partial charge in [-0.1, -0.05) is 6.58 Å². The van der Waals surface area contributed by atoms with Gasteiger partial charge in [0.25, 0.3) is 5.91 Å². The standard InChI is InChI=1S/C18H22N6O/c1-12(2)14-8-13(9-21-17(14)19)15-10-20-11-16(22-15)18(25)24-6-4-23(3)5-7-24/h8-11H,1,4-7H2,2-3H3,(H2,19,21). The molecule has 25 heavy (non-hydrogen) atoms. The molecule has 0 atom stereocenters. The predicted molar refractivity (Wildman–Crippen MR) is 97.8 cm³/mol. The average molecular weight is 338 g/mol. The van der Waals surface area contributed by atoms with Crippen molar-refractivity contribution in [2.45, 2.75) is 6.92 Å². The quantitative estimate of drug-likeness (QED) is 0.913. The van der Waals surface area contributed by atoms with Crippen LogP contribution in [0.4, 0.5) is 5.82 Å². The molecule has 1 fully saturated rings. The van der Waals surface area contributed by atoms with E-state index in [1.807, 2.05) is 17.9 Å². The van der Waals surface area contributed by atoms with Gasteiger partial charge in [-0.2, -0.15) is 0 Å². The molecule has 0 aromatic carbocycles. The van der Waals surface area contributed by atoms with E-state index in [4.69, 9.17) is 5.73 Å². The summed E-state index contributed by atoms with van der Waals surface area (Å²) in [5, 5.41) is 0. The van der Waals surface area contributed by atoms with Gasteiger partial charge in [0.05, 0.1) is 18.1 Å². The first-order valence-electron chi connectivity index (χ1n) is 8.17. The van der Waals surface area contributed by atoms with Gasteiger partial charge in [0.2, 0.25) is 0 Å². The third kappa shape index (κ3) is 3.66. The van der Waals surface area contributed by atoms with Crippen LogP contribution in [0.15, 0.2) is 31.2 Å². The average Bonchev–Trinajstić information content (AvgIpc) is 2.62. The molecule has 3 heterocycles. The van der Waals surface area contributed by atoms with Crippen LogP contribution >= 0.6 is 0 Å². The van der Waals surface area contributed by atoms with Crippen molar-refractivity contribution in [1.29, 1.82) is 0 Å². The summed E-state index contributed by atoms with van der Waals surface area (Å²) in [5.74, 6) is 0.333. The molecule has 0 saturated carbocycles. The van der Waals surface area contributed by atoms with Crippen LogP contribution in [0.25, 0.3) is 16.8 Å². The van der Waals surface area contributed by atoms with Crippen molar-refractivity contribution in [3.8, 4) is 11.3 Å². The Labute approximate surface area is 147 Å². The van der Waals surface area contributed by atoms with E-state index in [0.717, 1.165) is 29.8 Å². The number of rotatable bonds is 3. The lowest BCUT2D eigenvalue weighted by atomic mass is 10.1. The molecule has 7 nitrogen and oxygen atoms in total. The van der Waals surface area contributed by atoms with Crippen LogP contribution in [-0.2, 0) is 0 Å². The maximum Gasteiger partial charge on any atom is 0.274 e. The molecule has 0 radical (unpaired) electrons. The lowest BCUT2D eigenvalue weighted by Crippen LogP contribution is -2.47. The molecule has 0 spiro atoms. The third-order valence-corrected chi connectivity index (χ3v) is 4.32. The van der Waals surface area contributed by atoms with Crippen LogP contribution in [0.1, 0.15) is 23.0 Å². The Morgan fingerprint density at radius 2 is 1.92 bits per heavy atom. The minimum absolute atomic E-state index is 0.0917. The lowest BCUT2D eigenvalue weighted by Gasteiger charge is -2.32. The number of pyridine rings is 1. The van der Waals surface area contributed by atoms with E-state index in [2.05, 4.69) is 33.5 Å². The summed E-state index contributed by atoms with van der Waals surface area (Å²) >= 11 is 0. The highest BCUT2D eigenvalue weighted by molar-refractivity contribution is 5.92. The molecule has 0 unspecified atom stereocenters. The summed E-state index contributed by atoms with van der Waals surface area (Å²) in [6.07, 6.45) is 4.76. The van der Waals surface area contributed by atoms with Gasteiger partial charge in [-0.3, -0.25) is 9.78 Å². The first-order chi connectivity index (χ1) is 12.0. The van der Waals surface area contributed by atoms with Crippen molar-refractivity contribution in [2.24, 2.45) is 0 Å². The van der Waals surface area contributed by atoms with Crippen molar-refractivity contribution in [3.63, 3.8) is 0 Å². The second kappa shape index (κ2) is 6.98. The van der Waals surface area contributed by atoms with E-state index in [0.29, 0.717) is 30.3 Å². The Morgan fingerprint density at radius 3 is 2.60 bits per heavy atom. The van der Waals surface area contributed by atoms with E-state index in [1.54, 1.807) is 12.4 Å². The number of aromatic nitrogens is 3. The number of nitrogens with two attached hydrogens (primary N) is 1. The van der Waals surface area contributed by atoms with Crippen molar-refractivity contribution in [3.05, 3.63) is 42.5 Å². The highest BCUT2D eigenvalue weighted by atomic mass is 16.2. The van der Waals surface area contributed by atoms with Crippen molar-refractivity contribution < 1.29 is 4.79 Å². The Hall–Kier alpha value is -2.80. The normalized spacial score (nSPS) is 15.2. The number of carbonyl (C=O) groups is 1. The number of amides is 1. The minimum Gasteiger partial charge on any atom is -0.383 e. The van der Waals surface area contributed by atoms with Crippen LogP contribution in [-0.4, -0.2) is 63.9 Å². The maximum absolute atomic E-state index is 12.7. The second-order valence-corrected chi connectivity index (χ2v) is 6.32. The molecule has 1 aliphatic rings. The van der Waals surface area contributed by atoms with Crippen LogP contribution in [0.2, 0.25) is 0 Å². The molecular formula is C18H22N6O. The number of carbonyl (C=O) groups excluding carboxylic acids is 1. The summed E-state index contributed by atoms with van der Waals surface area (Å²) in [6, 6.07) is 1.87. The first kappa shape index (κ1) is 17.0. The van der Waals surface area contributed by atoms with Gasteiger partial charge in [0.1, 0.15) is 11.5 Å². The summed E-state index contributed by atoms with van der Waals surface area (Å²) < 4.78 is 0. The fraction of sp³-hybridized carbons (Fsp3) is 0.333. The minimum atomic E-state index is -0.0917.